The Morgan fingerprint density at radius 3 is 2.78 bits per heavy atom. The third-order valence-corrected chi connectivity index (χ3v) is 3.50. The summed E-state index contributed by atoms with van der Waals surface area (Å²) in [6.07, 6.45) is 1.09. The van der Waals surface area contributed by atoms with Gasteiger partial charge in [-0.2, -0.15) is 4.98 Å². The van der Waals surface area contributed by atoms with E-state index in [0.717, 1.165) is 5.56 Å². The van der Waals surface area contributed by atoms with Crippen LogP contribution >= 0.6 is 11.6 Å². The maximum absolute atomic E-state index is 11.6. The lowest BCUT2D eigenvalue weighted by atomic mass is 10.2. The Kier molecular flexibility index (Phi) is 6.37. The number of carbonyl (C=O) groups excluding carboxylic acids is 1. The van der Waals surface area contributed by atoms with Gasteiger partial charge in [0.05, 0.1) is 12.6 Å². The summed E-state index contributed by atoms with van der Waals surface area (Å²) in [7, 11) is 0. The molecule has 1 unspecified atom stereocenters. The van der Waals surface area contributed by atoms with E-state index in [1.54, 1.807) is 12.1 Å². The third kappa shape index (κ3) is 5.22. The van der Waals surface area contributed by atoms with E-state index in [4.69, 9.17) is 21.2 Å². The second kappa shape index (κ2) is 8.50. The van der Waals surface area contributed by atoms with Crippen LogP contribution in [-0.4, -0.2) is 40.5 Å². The zero-order valence-corrected chi connectivity index (χ0v) is 13.5. The zero-order chi connectivity index (χ0) is 16.7. The molecule has 0 saturated carbocycles. The molecule has 0 spiro atoms. The van der Waals surface area contributed by atoms with Crippen molar-refractivity contribution < 1.29 is 14.4 Å². The molecule has 3 N–H and O–H groups in total. The van der Waals surface area contributed by atoms with Gasteiger partial charge in [-0.15, -0.1) is 0 Å². The highest BCUT2D eigenvalue weighted by Gasteiger charge is 2.11. The minimum atomic E-state index is -0.330. The van der Waals surface area contributed by atoms with Crippen LogP contribution in [0, 0.1) is 0 Å². The highest BCUT2D eigenvalue weighted by atomic mass is 35.5. The lowest BCUT2D eigenvalue weighted by Crippen LogP contribution is -2.44. The summed E-state index contributed by atoms with van der Waals surface area (Å²) < 4.78 is 5.15. The zero-order valence-electron chi connectivity index (χ0n) is 12.8. The number of benzene rings is 1. The van der Waals surface area contributed by atoms with Crippen LogP contribution < -0.4 is 10.6 Å². The van der Waals surface area contributed by atoms with Crippen molar-refractivity contribution in [3.8, 4) is 11.4 Å². The highest BCUT2D eigenvalue weighted by molar-refractivity contribution is 6.30. The maximum Gasteiger partial charge on any atom is 0.315 e. The molecular formula is C15H19ClN4O3. The van der Waals surface area contributed by atoms with Crippen LogP contribution in [0.5, 0.6) is 0 Å². The molecule has 1 heterocycles. The molecule has 0 bridgehead atoms. The SMILES string of the molecule is CCC(CO)NC(=O)NCCc1nc(-c2ccc(Cl)cc2)no1. The second-order valence-corrected chi connectivity index (χ2v) is 5.39. The Hall–Kier alpha value is -2.12. The highest BCUT2D eigenvalue weighted by Crippen LogP contribution is 2.18. The van der Waals surface area contributed by atoms with Gasteiger partial charge in [-0.25, -0.2) is 4.79 Å². The first kappa shape index (κ1) is 17.2. The molecule has 0 radical (unpaired) electrons. The van der Waals surface area contributed by atoms with Gasteiger partial charge in [0.25, 0.3) is 0 Å². The monoisotopic (exact) mass is 338 g/mol. The molecule has 7 nitrogen and oxygen atoms in total. The topological polar surface area (TPSA) is 100 Å². The number of nitrogens with zero attached hydrogens (tertiary/aromatic N) is 2. The molecule has 124 valence electrons. The molecule has 2 amide bonds. The molecular weight excluding hydrogens is 320 g/mol. The van der Waals surface area contributed by atoms with Crippen molar-refractivity contribution in [2.75, 3.05) is 13.2 Å². The van der Waals surface area contributed by atoms with Crippen LogP contribution in [0.2, 0.25) is 5.02 Å². The van der Waals surface area contributed by atoms with Crippen LogP contribution in [0.1, 0.15) is 19.2 Å². The van der Waals surface area contributed by atoms with Crippen molar-refractivity contribution in [1.29, 1.82) is 0 Å². The molecule has 1 aromatic heterocycles. The number of hydrogen-bond donors (Lipinski definition) is 3. The van der Waals surface area contributed by atoms with E-state index in [1.807, 2.05) is 19.1 Å². The Morgan fingerprint density at radius 1 is 1.39 bits per heavy atom. The predicted molar refractivity (Wildman–Crippen MR) is 86.1 cm³/mol. The second-order valence-electron chi connectivity index (χ2n) is 4.96. The quantitative estimate of drug-likeness (QED) is 0.717. The van der Waals surface area contributed by atoms with E-state index in [2.05, 4.69) is 20.8 Å². The number of halogens is 1. The van der Waals surface area contributed by atoms with Gasteiger partial charge >= 0.3 is 6.03 Å². The number of urea groups is 1. The van der Waals surface area contributed by atoms with E-state index in [1.165, 1.54) is 0 Å². The van der Waals surface area contributed by atoms with Crippen LogP contribution in [0.25, 0.3) is 11.4 Å². The number of hydrogen-bond acceptors (Lipinski definition) is 5. The average molecular weight is 339 g/mol. The predicted octanol–water partition coefficient (Wildman–Crippen LogP) is 2.00. The molecule has 0 fully saturated rings. The number of nitrogens with one attached hydrogen (secondary N) is 2. The Labute approximate surface area is 139 Å². The summed E-state index contributed by atoms with van der Waals surface area (Å²) in [6, 6.07) is 6.55. The number of carbonyl (C=O) groups is 1. The van der Waals surface area contributed by atoms with Crippen molar-refractivity contribution >= 4 is 17.6 Å². The molecule has 0 aliphatic rings. The summed E-state index contributed by atoms with van der Waals surface area (Å²) in [4.78, 5) is 15.9. The van der Waals surface area contributed by atoms with Gasteiger partial charge in [0, 0.05) is 23.6 Å². The molecule has 1 aromatic carbocycles. The lowest BCUT2D eigenvalue weighted by Gasteiger charge is -2.14. The van der Waals surface area contributed by atoms with Crippen molar-refractivity contribution in [3.05, 3.63) is 35.2 Å². The van der Waals surface area contributed by atoms with E-state index < -0.39 is 0 Å². The number of rotatable bonds is 7. The first-order valence-corrected chi connectivity index (χ1v) is 7.74. The number of amides is 2. The molecule has 1 atom stereocenters. The van der Waals surface area contributed by atoms with Gasteiger partial charge in [0.1, 0.15) is 0 Å². The van der Waals surface area contributed by atoms with Gasteiger partial charge in [-0.1, -0.05) is 23.7 Å². The summed E-state index contributed by atoms with van der Waals surface area (Å²) in [6.45, 7) is 2.16. The molecule has 23 heavy (non-hydrogen) atoms. The lowest BCUT2D eigenvalue weighted by molar-refractivity contribution is 0.214. The summed E-state index contributed by atoms with van der Waals surface area (Å²) >= 11 is 5.83. The molecule has 8 heteroatoms. The van der Waals surface area contributed by atoms with Gasteiger partial charge in [-0.05, 0) is 30.7 Å². The van der Waals surface area contributed by atoms with Crippen molar-refractivity contribution in [1.82, 2.24) is 20.8 Å². The molecule has 0 saturated heterocycles. The largest absolute Gasteiger partial charge is 0.394 e. The van der Waals surface area contributed by atoms with Crippen LogP contribution in [-0.2, 0) is 6.42 Å². The van der Waals surface area contributed by atoms with E-state index in [0.29, 0.717) is 36.1 Å². The molecule has 2 aromatic rings. The third-order valence-electron chi connectivity index (χ3n) is 3.24. The Balaban J connectivity index is 1.81. The summed E-state index contributed by atoms with van der Waals surface area (Å²) in [5, 5.41) is 18.9. The van der Waals surface area contributed by atoms with Gasteiger partial charge < -0.3 is 20.3 Å². The first-order chi connectivity index (χ1) is 11.1. The number of aliphatic hydroxyl groups excluding tert-OH is 1. The minimum Gasteiger partial charge on any atom is -0.394 e. The number of aliphatic hydroxyl groups is 1. The fourth-order valence-electron chi connectivity index (χ4n) is 1.87. The molecule has 0 aliphatic heterocycles. The normalized spacial score (nSPS) is 12.0. The first-order valence-electron chi connectivity index (χ1n) is 7.36. The smallest absolute Gasteiger partial charge is 0.315 e. The van der Waals surface area contributed by atoms with Crippen molar-refractivity contribution in [2.45, 2.75) is 25.8 Å². The van der Waals surface area contributed by atoms with Gasteiger partial charge in [0.15, 0.2) is 0 Å². The fraction of sp³-hybridized carbons (Fsp3) is 0.400. The fourth-order valence-corrected chi connectivity index (χ4v) is 1.99. The average Bonchev–Trinajstić information content (AvgIpc) is 3.02. The molecule has 2 rings (SSSR count). The summed E-state index contributed by atoms with van der Waals surface area (Å²) in [5.41, 5.74) is 0.809. The van der Waals surface area contributed by atoms with Gasteiger partial charge in [-0.3, -0.25) is 0 Å². The van der Waals surface area contributed by atoms with Crippen molar-refractivity contribution in [2.24, 2.45) is 0 Å². The molecule has 0 aliphatic carbocycles. The Bertz CT molecular complexity index is 626. The van der Waals surface area contributed by atoms with Crippen LogP contribution in [0.3, 0.4) is 0 Å². The van der Waals surface area contributed by atoms with Gasteiger partial charge in [0.2, 0.25) is 11.7 Å². The van der Waals surface area contributed by atoms with Crippen molar-refractivity contribution in [3.63, 3.8) is 0 Å². The summed E-state index contributed by atoms with van der Waals surface area (Å²) in [5.74, 6) is 0.914. The van der Waals surface area contributed by atoms with Crippen LogP contribution in [0.4, 0.5) is 4.79 Å². The minimum absolute atomic E-state index is 0.0853. The van der Waals surface area contributed by atoms with E-state index in [-0.39, 0.29) is 18.7 Å². The standard InChI is InChI=1S/C15H19ClN4O3/c1-2-12(9-21)18-15(22)17-8-7-13-19-14(20-23-13)10-3-5-11(16)6-4-10/h3-6,12,21H,2,7-9H2,1H3,(H2,17,18,22). The number of aromatic nitrogens is 2. The van der Waals surface area contributed by atoms with E-state index in [9.17, 15) is 4.79 Å². The van der Waals surface area contributed by atoms with Crippen LogP contribution in [0.15, 0.2) is 28.8 Å². The Morgan fingerprint density at radius 2 is 2.13 bits per heavy atom. The maximum atomic E-state index is 11.6. The van der Waals surface area contributed by atoms with E-state index >= 15 is 0 Å².